The average Bonchev–Trinajstić information content (AvgIpc) is 2.97. The topological polar surface area (TPSA) is 97.4 Å². The molecule has 1 aromatic heterocycles. The van der Waals surface area contributed by atoms with Gasteiger partial charge in [-0.05, 0) is 12.1 Å². The predicted octanol–water partition coefficient (Wildman–Crippen LogP) is 3.20. The van der Waals surface area contributed by atoms with E-state index in [9.17, 15) is 14.4 Å². The number of anilines is 2. The number of carbonyl (C=O) groups is 3. The lowest BCUT2D eigenvalue weighted by Gasteiger charge is -2.08. The summed E-state index contributed by atoms with van der Waals surface area (Å²) in [5.74, 6) is -1.66. The number of thiazole rings is 1. The summed E-state index contributed by atoms with van der Waals surface area (Å²) in [6.45, 7) is 0.805. The maximum Gasteiger partial charge on any atom is 0.358 e. The largest absolute Gasteiger partial charge is 0.451 e. The highest BCUT2D eigenvalue weighted by atomic mass is 35.5. The van der Waals surface area contributed by atoms with E-state index in [0.717, 1.165) is 11.3 Å². The van der Waals surface area contributed by atoms with Crippen LogP contribution in [-0.4, -0.2) is 29.4 Å². The van der Waals surface area contributed by atoms with E-state index in [1.807, 2.05) is 0 Å². The molecule has 0 aliphatic carbocycles. The third-order valence-corrected chi connectivity index (χ3v) is 4.13. The number of nitrogens with one attached hydrogen (secondary N) is 2. The van der Waals surface area contributed by atoms with Gasteiger partial charge in [-0.15, -0.1) is 11.3 Å². The summed E-state index contributed by atoms with van der Waals surface area (Å²) in [5, 5.41) is 7.09. The van der Waals surface area contributed by atoms with Crippen LogP contribution in [0.4, 0.5) is 10.8 Å². The number of esters is 1. The number of amides is 2. The SMILES string of the molecule is CC(=O)Nc1nc(C(=O)OCC(=O)Nc2cccc(Cl)c2Cl)cs1. The van der Waals surface area contributed by atoms with Gasteiger partial charge in [0.2, 0.25) is 5.91 Å². The van der Waals surface area contributed by atoms with Crippen molar-refractivity contribution in [1.29, 1.82) is 0 Å². The molecule has 0 aliphatic heterocycles. The monoisotopic (exact) mass is 387 g/mol. The smallest absolute Gasteiger partial charge is 0.358 e. The summed E-state index contributed by atoms with van der Waals surface area (Å²) >= 11 is 12.9. The minimum Gasteiger partial charge on any atom is -0.451 e. The van der Waals surface area contributed by atoms with Gasteiger partial charge < -0.3 is 15.4 Å². The molecule has 2 rings (SSSR count). The summed E-state index contributed by atoms with van der Waals surface area (Å²) < 4.78 is 4.85. The molecule has 1 heterocycles. The van der Waals surface area contributed by atoms with E-state index in [-0.39, 0.29) is 21.8 Å². The molecule has 0 saturated carbocycles. The fourth-order valence-corrected chi connectivity index (χ4v) is 2.64. The van der Waals surface area contributed by atoms with Gasteiger partial charge >= 0.3 is 5.97 Å². The van der Waals surface area contributed by atoms with Crippen molar-refractivity contribution in [2.75, 3.05) is 17.2 Å². The predicted molar refractivity (Wildman–Crippen MR) is 91.8 cm³/mol. The second-order valence-corrected chi connectivity index (χ2v) is 6.09. The van der Waals surface area contributed by atoms with Crippen molar-refractivity contribution < 1.29 is 19.1 Å². The van der Waals surface area contributed by atoms with Crippen LogP contribution < -0.4 is 10.6 Å². The van der Waals surface area contributed by atoms with E-state index in [4.69, 9.17) is 27.9 Å². The van der Waals surface area contributed by atoms with Crippen molar-refractivity contribution in [3.05, 3.63) is 39.3 Å². The minimum atomic E-state index is -0.782. The molecule has 0 radical (unpaired) electrons. The molecule has 0 spiro atoms. The molecule has 0 fully saturated rings. The van der Waals surface area contributed by atoms with Gasteiger partial charge in [0, 0.05) is 12.3 Å². The number of hydrogen-bond donors (Lipinski definition) is 2. The third kappa shape index (κ3) is 4.92. The maximum absolute atomic E-state index is 11.8. The van der Waals surface area contributed by atoms with E-state index < -0.39 is 18.5 Å². The first-order valence-electron chi connectivity index (χ1n) is 6.51. The standard InChI is InChI=1S/C14H11Cl2N3O4S/c1-7(20)17-14-19-10(6-24-14)13(22)23-5-11(21)18-9-4-2-3-8(15)12(9)16/h2-4,6H,5H2,1H3,(H,18,21)(H,17,19,20). The first-order chi connectivity index (χ1) is 11.4. The molecule has 2 amide bonds. The van der Waals surface area contributed by atoms with Crippen molar-refractivity contribution in [1.82, 2.24) is 4.98 Å². The van der Waals surface area contributed by atoms with Crippen LogP contribution in [0, 0.1) is 0 Å². The van der Waals surface area contributed by atoms with Crippen LogP contribution in [0.1, 0.15) is 17.4 Å². The number of benzene rings is 1. The van der Waals surface area contributed by atoms with Crippen molar-refractivity contribution >= 4 is 63.1 Å². The van der Waals surface area contributed by atoms with Crippen LogP contribution in [-0.2, 0) is 14.3 Å². The van der Waals surface area contributed by atoms with Crippen molar-refractivity contribution in [2.45, 2.75) is 6.92 Å². The molecule has 0 saturated heterocycles. The van der Waals surface area contributed by atoms with E-state index in [1.165, 1.54) is 12.3 Å². The first-order valence-corrected chi connectivity index (χ1v) is 8.14. The van der Waals surface area contributed by atoms with Crippen LogP contribution in [0.25, 0.3) is 0 Å². The summed E-state index contributed by atoms with van der Waals surface area (Å²) in [5.41, 5.74) is 0.309. The molecule has 0 aliphatic rings. The van der Waals surface area contributed by atoms with Gasteiger partial charge in [0.25, 0.3) is 5.91 Å². The van der Waals surface area contributed by atoms with Gasteiger partial charge in [-0.2, -0.15) is 0 Å². The highest BCUT2D eigenvalue weighted by Crippen LogP contribution is 2.29. The fourth-order valence-electron chi connectivity index (χ4n) is 1.57. The zero-order chi connectivity index (χ0) is 17.7. The third-order valence-electron chi connectivity index (χ3n) is 2.56. The van der Waals surface area contributed by atoms with Crippen molar-refractivity contribution in [3.8, 4) is 0 Å². The molecule has 24 heavy (non-hydrogen) atoms. The molecular weight excluding hydrogens is 377 g/mol. The van der Waals surface area contributed by atoms with Gasteiger partial charge in [-0.1, -0.05) is 29.3 Å². The van der Waals surface area contributed by atoms with Crippen LogP contribution in [0.3, 0.4) is 0 Å². The van der Waals surface area contributed by atoms with E-state index >= 15 is 0 Å². The van der Waals surface area contributed by atoms with Gasteiger partial charge in [0.1, 0.15) is 0 Å². The quantitative estimate of drug-likeness (QED) is 0.767. The number of ether oxygens (including phenoxy) is 1. The van der Waals surface area contributed by atoms with Crippen LogP contribution in [0.15, 0.2) is 23.6 Å². The number of rotatable bonds is 5. The van der Waals surface area contributed by atoms with E-state index in [0.29, 0.717) is 10.7 Å². The molecular formula is C14H11Cl2N3O4S. The number of nitrogens with zero attached hydrogens (tertiary/aromatic N) is 1. The molecule has 0 atom stereocenters. The van der Waals surface area contributed by atoms with Gasteiger partial charge in [0.05, 0.1) is 15.7 Å². The Bertz CT molecular complexity index is 794. The highest BCUT2D eigenvalue weighted by molar-refractivity contribution is 7.14. The minimum absolute atomic E-state index is 0.00246. The Morgan fingerprint density at radius 2 is 2.00 bits per heavy atom. The molecule has 10 heteroatoms. The molecule has 1 aromatic carbocycles. The van der Waals surface area contributed by atoms with Crippen LogP contribution in [0.5, 0.6) is 0 Å². The zero-order valence-electron chi connectivity index (χ0n) is 12.3. The molecule has 126 valence electrons. The Kier molecular flexibility index (Phi) is 6.13. The maximum atomic E-state index is 11.8. The number of carbonyl (C=O) groups excluding carboxylic acids is 3. The Hall–Kier alpha value is -2.16. The number of aromatic nitrogens is 1. The fraction of sp³-hybridized carbons (Fsp3) is 0.143. The van der Waals surface area contributed by atoms with Gasteiger partial charge in [-0.3, -0.25) is 9.59 Å². The Morgan fingerprint density at radius 1 is 1.25 bits per heavy atom. The Morgan fingerprint density at radius 3 is 2.71 bits per heavy atom. The molecule has 0 unspecified atom stereocenters. The molecule has 2 aromatic rings. The first kappa shape index (κ1) is 18.2. The summed E-state index contributed by atoms with van der Waals surface area (Å²) in [6, 6.07) is 4.76. The molecule has 7 nitrogen and oxygen atoms in total. The molecule has 0 bridgehead atoms. The Labute approximate surface area is 150 Å². The second-order valence-electron chi connectivity index (χ2n) is 4.44. The second kappa shape index (κ2) is 8.09. The van der Waals surface area contributed by atoms with E-state index in [1.54, 1.807) is 18.2 Å². The average molecular weight is 388 g/mol. The number of hydrogen-bond acceptors (Lipinski definition) is 6. The van der Waals surface area contributed by atoms with Crippen LogP contribution in [0.2, 0.25) is 10.0 Å². The number of halogens is 2. The molecule has 2 N–H and O–H groups in total. The summed E-state index contributed by atoms with van der Waals surface area (Å²) in [7, 11) is 0. The van der Waals surface area contributed by atoms with Gasteiger partial charge in [-0.25, -0.2) is 9.78 Å². The Balaban J connectivity index is 1.89. The van der Waals surface area contributed by atoms with Crippen molar-refractivity contribution in [2.24, 2.45) is 0 Å². The highest BCUT2D eigenvalue weighted by Gasteiger charge is 2.15. The van der Waals surface area contributed by atoms with E-state index in [2.05, 4.69) is 15.6 Å². The summed E-state index contributed by atoms with van der Waals surface area (Å²) in [6.07, 6.45) is 0. The van der Waals surface area contributed by atoms with Crippen molar-refractivity contribution in [3.63, 3.8) is 0 Å². The lowest BCUT2D eigenvalue weighted by molar-refractivity contribution is -0.119. The zero-order valence-corrected chi connectivity index (χ0v) is 14.6. The lowest BCUT2D eigenvalue weighted by Crippen LogP contribution is -2.21. The van der Waals surface area contributed by atoms with Crippen LogP contribution >= 0.6 is 34.5 Å². The lowest BCUT2D eigenvalue weighted by atomic mass is 10.3. The summed E-state index contributed by atoms with van der Waals surface area (Å²) in [4.78, 5) is 38.4. The van der Waals surface area contributed by atoms with Gasteiger partial charge in [0.15, 0.2) is 17.4 Å². The normalized spacial score (nSPS) is 10.1.